The molecule has 1 unspecified atom stereocenters. The highest BCUT2D eigenvalue weighted by Gasteiger charge is 2.20. The summed E-state index contributed by atoms with van der Waals surface area (Å²) in [6.07, 6.45) is 0. The number of ether oxygens (including phenoxy) is 1. The molecule has 2 aromatic carbocycles. The zero-order valence-corrected chi connectivity index (χ0v) is 12.3. The maximum atomic E-state index is 6.53. The topological polar surface area (TPSA) is 9.23 Å². The van der Waals surface area contributed by atoms with Crippen LogP contribution in [0.15, 0.2) is 36.4 Å². The van der Waals surface area contributed by atoms with Crippen LogP contribution >= 0.6 is 34.8 Å². The minimum Gasteiger partial charge on any atom is -0.372 e. The van der Waals surface area contributed by atoms with E-state index in [1.54, 1.807) is 12.1 Å². The summed E-state index contributed by atoms with van der Waals surface area (Å²) in [6.45, 7) is 1.32. The van der Waals surface area contributed by atoms with Crippen molar-refractivity contribution in [2.45, 2.75) is 18.6 Å². The van der Waals surface area contributed by atoms with Crippen molar-refractivity contribution >= 4 is 34.8 Å². The van der Waals surface area contributed by atoms with E-state index in [-0.39, 0.29) is 5.38 Å². The first kappa shape index (κ1) is 13.3. The Labute approximate surface area is 127 Å². The predicted molar refractivity (Wildman–Crippen MR) is 79.1 cm³/mol. The molecule has 1 atom stereocenters. The monoisotopic (exact) mass is 312 g/mol. The Morgan fingerprint density at radius 1 is 0.947 bits per heavy atom. The van der Waals surface area contributed by atoms with Crippen molar-refractivity contribution in [3.05, 3.63) is 68.7 Å². The second-order valence-electron chi connectivity index (χ2n) is 4.52. The largest absolute Gasteiger partial charge is 0.372 e. The van der Waals surface area contributed by atoms with Gasteiger partial charge in [-0.3, -0.25) is 0 Å². The van der Waals surface area contributed by atoms with Gasteiger partial charge in [-0.15, -0.1) is 11.6 Å². The van der Waals surface area contributed by atoms with Gasteiger partial charge in [0.15, 0.2) is 0 Å². The molecule has 98 valence electrons. The molecule has 1 aliphatic heterocycles. The smallest absolute Gasteiger partial charge is 0.0864 e. The van der Waals surface area contributed by atoms with E-state index >= 15 is 0 Å². The van der Waals surface area contributed by atoms with Gasteiger partial charge in [0, 0.05) is 15.6 Å². The number of rotatable bonds is 2. The minimum absolute atomic E-state index is 0.355. The first-order chi connectivity index (χ1) is 9.16. The van der Waals surface area contributed by atoms with E-state index in [0.717, 1.165) is 11.1 Å². The number of hydrogen-bond donors (Lipinski definition) is 0. The summed E-state index contributed by atoms with van der Waals surface area (Å²) in [5.74, 6) is 0. The molecule has 2 aromatic rings. The van der Waals surface area contributed by atoms with E-state index in [0.29, 0.717) is 23.3 Å². The second-order valence-corrected chi connectivity index (χ2v) is 5.77. The van der Waals surface area contributed by atoms with Crippen molar-refractivity contribution in [1.82, 2.24) is 0 Å². The quantitative estimate of drug-likeness (QED) is 0.679. The molecule has 0 saturated heterocycles. The molecule has 1 aliphatic rings. The van der Waals surface area contributed by atoms with Crippen molar-refractivity contribution in [1.29, 1.82) is 0 Å². The van der Waals surface area contributed by atoms with E-state index in [9.17, 15) is 0 Å². The third-order valence-corrected chi connectivity index (χ3v) is 4.42. The molecule has 1 heterocycles. The Hall–Kier alpha value is -0.730. The number of fused-ring (bicyclic) bond motifs is 1. The van der Waals surface area contributed by atoms with Crippen LogP contribution < -0.4 is 0 Å². The van der Waals surface area contributed by atoms with E-state index in [4.69, 9.17) is 39.5 Å². The SMILES string of the molecule is Clc1cccc(Cl)c1C(Cl)c1ccc2c(c1)COC2. The van der Waals surface area contributed by atoms with Crippen LogP contribution in [-0.2, 0) is 18.0 Å². The van der Waals surface area contributed by atoms with Gasteiger partial charge in [0.25, 0.3) is 0 Å². The normalized spacial score (nSPS) is 15.3. The van der Waals surface area contributed by atoms with Crippen LogP contribution in [0.1, 0.15) is 27.6 Å². The third-order valence-electron chi connectivity index (χ3n) is 3.29. The van der Waals surface area contributed by atoms with Gasteiger partial charge in [0.1, 0.15) is 0 Å². The van der Waals surface area contributed by atoms with Gasteiger partial charge in [-0.1, -0.05) is 47.5 Å². The Morgan fingerprint density at radius 2 is 1.63 bits per heavy atom. The van der Waals surface area contributed by atoms with Crippen LogP contribution in [0, 0.1) is 0 Å². The summed E-state index contributed by atoms with van der Waals surface area (Å²) in [6, 6.07) is 11.5. The first-order valence-corrected chi connectivity index (χ1v) is 7.13. The van der Waals surface area contributed by atoms with Gasteiger partial charge in [-0.05, 0) is 28.8 Å². The average Bonchev–Trinajstić information content (AvgIpc) is 2.85. The van der Waals surface area contributed by atoms with E-state index < -0.39 is 0 Å². The molecule has 0 aliphatic carbocycles. The fourth-order valence-corrected chi connectivity index (χ4v) is 3.37. The highest BCUT2D eigenvalue weighted by molar-refractivity contribution is 6.38. The Bertz CT molecular complexity index is 605. The fourth-order valence-electron chi connectivity index (χ4n) is 2.27. The second kappa shape index (κ2) is 5.34. The molecular weight excluding hydrogens is 303 g/mol. The zero-order valence-electron chi connectivity index (χ0n) is 10.00. The van der Waals surface area contributed by atoms with E-state index in [1.165, 1.54) is 11.1 Å². The van der Waals surface area contributed by atoms with Gasteiger partial charge < -0.3 is 4.74 Å². The Balaban J connectivity index is 2.02. The number of alkyl halides is 1. The van der Waals surface area contributed by atoms with Crippen molar-refractivity contribution in [2.75, 3.05) is 0 Å². The highest BCUT2D eigenvalue weighted by atomic mass is 35.5. The summed E-state index contributed by atoms with van der Waals surface area (Å²) >= 11 is 18.9. The zero-order chi connectivity index (χ0) is 13.4. The lowest BCUT2D eigenvalue weighted by Gasteiger charge is -2.14. The molecule has 0 amide bonds. The van der Waals surface area contributed by atoms with Crippen molar-refractivity contribution in [2.24, 2.45) is 0 Å². The van der Waals surface area contributed by atoms with Crippen LogP contribution in [0.25, 0.3) is 0 Å². The lowest BCUT2D eigenvalue weighted by molar-refractivity contribution is 0.134. The molecule has 0 fully saturated rings. The third kappa shape index (κ3) is 2.48. The molecule has 1 nitrogen and oxygen atoms in total. The van der Waals surface area contributed by atoms with Gasteiger partial charge in [0.05, 0.1) is 18.6 Å². The molecule has 0 spiro atoms. The summed E-state index contributed by atoms with van der Waals surface area (Å²) in [5, 5.41) is 0.820. The van der Waals surface area contributed by atoms with Gasteiger partial charge in [-0.2, -0.15) is 0 Å². The lowest BCUT2D eigenvalue weighted by atomic mass is 10.00. The predicted octanol–water partition coefficient (Wildman–Crippen LogP) is 5.35. The lowest BCUT2D eigenvalue weighted by Crippen LogP contribution is -1.97. The average molecular weight is 314 g/mol. The van der Waals surface area contributed by atoms with Crippen LogP contribution in [0.4, 0.5) is 0 Å². The van der Waals surface area contributed by atoms with Crippen LogP contribution in [-0.4, -0.2) is 0 Å². The summed E-state index contributed by atoms with van der Waals surface area (Å²) < 4.78 is 5.41. The van der Waals surface area contributed by atoms with Crippen molar-refractivity contribution in [3.63, 3.8) is 0 Å². The number of halogens is 3. The Kier molecular flexibility index (Phi) is 3.72. The van der Waals surface area contributed by atoms with Gasteiger partial charge >= 0.3 is 0 Å². The van der Waals surface area contributed by atoms with Gasteiger partial charge in [0.2, 0.25) is 0 Å². The molecule has 0 radical (unpaired) electrons. The Morgan fingerprint density at radius 3 is 2.37 bits per heavy atom. The van der Waals surface area contributed by atoms with Crippen LogP contribution in [0.3, 0.4) is 0 Å². The molecule has 0 N–H and O–H groups in total. The molecule has 3 rings (SSSR count). The molecule has 0 aromatic heterocycles. The van der Waals surface area contributed by atoms with E-state index in [1.807, 2.05) is 12.1 Å². The summed E-state index contributed by atoms with van der Waals surface area (Å²) in [7, 11) is 0. The number of benzene rings is 2. The maximum absolute atomic E-state index is 6.53. The van der Waals surface area contributed by atoms with E-state index in [2.05, 4.69) is 12.1 Å². The minimum atomic E-state index is -0.355. The standard InChI is InChI=1S/C15H11Cl3O/c16-12-2-1-3-13(17)14(12)15(18)9-4-5-10-7-19-8-11(10)6-9/h1-6,15H,7-8H2. The van der Waals surface area contributed by atoms with Crippen LogP contribution in [0.5, 0.6) is 0 Å². The van der Waals surface area contributed by atoms with Crippen molar-refractivity contribution < 1.29 is 4.74 Å². The molecular formula is C15H11Cl3O. The number of hydrogen-bond acceptors (Lipinski definition) is 1. The van der Waals surface area contributed by atoms with Crippen LogP contribution in [0.2, 0.25) is 10.0 Å². The van der Waals surface area contributed by atoms with Crippen molar-refractivity contribution in [3.8, 4) is 0 Å². The molecule has 0 saturated carbocycles. The molecule has 19 heavy (non-hydrogen) atoms. The fraction of sp³-hybridized carbons (Fsp3) is 0.200. The highest BCUT2D eigenvalue weighted by Crippen LogP contribution is 2.39. The summed E-state index contributed by atoms with van der Waals surface area (Å²) in [4.78, 5) is 0. The first-order valence-electron chi connectivity index (χ1n) is 5.94. The molecule has 0 bridgehead atoms. The maximum Gasteiger partial charge on any atom is 0.0864 e. The summed E-state index contributed by atoms with van der Waals surface area (Å²) in [5.41, 5.74) is 4.15. The van der Waals surface area contributed by atoms with Gasteiger partial charge in [-0.25, -0.2) is 0 Å². The molecule has 4 heteroatoms.